The van der Waals surface area contributed by atoms with Gasteiger partial charge >= 0.3 is 0 Å². The second kappa shape index (κ2) is 4.80. The first-order chi connectivity index (χ1) is 7.17. The zero-order valence-corrected chi connectivity index (χ0v) is 7.62. The number of hydrogen-bond donors (Lipinski definition) is 0. The summed E-state index contributed by atoms with van der Waals surface area (Å²) in [6.07, 6.45) is 2.20. The van der Waals surface area contributed by atoms with Gasteiger partial charge in [-0.2, -0.15) is 0 Å². The molecular weight excluding hydrogens is 198 g/mol. The Balaban J connectivity index is 2.99. The third kappa shape index (κ3) is 2.84. The molecule has 1 aromatic rings. The van der Waals surface area contributed by atoms with Crippen LogP contribution >= 0.6 is 0 Å². The van der Waals surface area contributed by atoms with Crippen LogP contribution in [-0.4, -0.2) is 17.5 Å². The minimum atomic E-state index is -0.520. The van der Waals surface area contributed by atoms with E-state index in [1.807, 2.05) is 0 Å². The second-order valence-electron chi connectivity index (χ2n) is 2.73. The van der Waals surface area contributed by atoms with Crippen LogP contribution in [0.1, 0.15) is 5.56 Å². The highest BCUT2D eigenvalue weighted by molar-refractivity contribution is 6.04. The Morgan fingerprint density at radius 1 is 1.13 bits per heavy atom. The highest BCUT2D eigenvalue weighted by Crippen LogP contribution is 2.13. The SMILES string of the molecule is O=CC(C=O)=Cc1ccc([N+](=O)[O-])cc1. The Hall–Kier alpha value is -2.30. The largest absolute Gasteiger partial charge is 0.298 e. The summed E-state index contributed by atoms with van der Waals surface area (Å²) in [7, 11) is 0. The molecule has 0 aliphatic carbocycles. The highest BCUT2D eigenvalue weighted by Gasteiger charge is 2.02. The van der Waals surface area contributed by atoms with E-state index in [0.717, 1.165) is 0 Å². The van der Waals surface area contributed by atoms with Gasteiger partial charge < -0.3 is 0 Å². The molecule has 15 heavy (non-hydrogen) atoms. The molecule has 0 N–H and O–H groups in total. The Morgan fingerprint density at radius 3 is 2.07 bits per heavy atom. The topological polar surface area (TPSA) is 77.3 Å². The number of nitro groups is 1. The van der Waals surface area contributed by atoms with Crippen molar-refractivity contribution < 1.29 is 14.5 Å². The van der Waals surface area contributed by atoms with Gasteiger partial charge in [0.2, 0.25) is 0 Å². The van der Waals surface area contributed by atoms with Gasteiger partial charge in [-0.25, -0.2) is 0 Å². The number of carbonyl (C=O) groups is 2. The summed E-state index contributed by atoms with van der Waals surface area (Å²) >= 11 is 0. The van der Waals surface area contributed by atoms with Crippen LogP contribution in [0.3, 0.4) is 0 Å². The number of aldehydes is 2. The van der Waals surface area contributed by atoms with Crippen LogP contribution < -0.4 is 0 Å². The lowest BCUT2D eigenvalue weighted by Gasteiger charge is -1.93. The van der Waals surface area contributed by atoms with Crippen molar-refractivity contribution in [3.63, 3.8) is 0 Å². The maximum atomic E-state index is 10.3. The van der Waals surface area contributed by atoms with Crippen LogP contribution in [-0.2, 0) is 9.59 Å². The lowest BCUT2D eigenvalue weighted by Crippen LogP contribution is -1.88. The predicted octanol–water partition coefficient (Wildman–Crippen LogP) is 1.38. The van der Waals surface area contributed by atoms with Crippen molar-refractivity contribution in [2.24, 2.45) is 0 Å². The van der Waals surface area contributed by atoms with Gasteiger partial charge in [-0.05, 0) is 23.8 Å². The third-order valence-corrected chi connectivity index (χ3v) is 1.71. The summed E-state index contributed by atoms with van der Waals surface area (Å²) in [4.78, 5) is 30.4. The second-order valence-corrected chi connectivity index (χ2v) is 2.73. The minimum Gasteiger partial charge on any atom is -0.298 e. The van der Waals surface area contributed by atoms with Crippen molar-refractivity contribution in [3.8, 4) is 0 Å². The van der Waals surface area contributed by atoms with Crippen LogP contribution in [0.5, 0.6) is 0 Å². The maximum absolute atomic E-state index is 10.3. The zero-order chi connectivity index (χ0) is 11.3. The first-order valence-corrected chi connectivity index (χ1v) is 4.04. The van der Waals surface area contributed by atoms with Gasteiger partial charge in [0.1, 0.15) is 0 Å². The average Bonchev–Trinajstić information content (AvgIpc) is 2.26. The molecule has 1 aromatic carbocycles. The molecule has 0 aliphatic rings. The van der Waals surface area contributed by atoms with E-state index in [0.29, 0.717) is 18.1 Å². The number of allylic oxidation sites excluding steroid dienone is 1. The summed E-state index contributed by atoms with van der Waals surface area (Å²) < 4.78 is 0. The molecule has 76 valence electrons. The normalized spacial score (nSPS) is 9.07. The molecule has 0 heterocycles. The number of benzene rings is 1. The number of non-ortho nitro benzene ring substituents is 1. The summed E-state index contributed by atoms with van der Waals surface area (Å²) in [5, 5.41) is 10.3. The first kappa shape index (κ1) is 10.8. The van der Waals surface area contributed by atoms with Gasteiger partial charge in [0.25, 0.3) is 5.69 Å². The Bertz CT molecular complexity index is 410. The van der Waals surface area contributed by atoms with Crippen LogP contribution in [0.2, 0.25) is 0 Å². The van der Waals surface area contributed by atoms with Gasteiger partial charge in [0.15, 0.2) is 12.6 Å². The van der Waals surface area contributed by atoms with Crippen molar-refractivity contribution in [2.45, 2.75) is 0 Å². The predicted molar refractivity (Wildman–Crippen MR) is 53.2 cm³/mol. The summed E-state index contributed by atoms with van der Waals surface area (Å²) in [5.41, 5.74) is 0.518. The van der Waals surface area contributed by atoms with Crippen molar-refractivity contribution in [1.82, 2.24) is 0 Å². The van der Waals surface area contributed by atoms with Crippen LogP contribution in [0.15, 0.2) is 29.8 Å². The van der Waals surface area contributed by atoms with Crippen molar-refractivity contribution in [2.75, 3.05) is 0 Å². The Kier molecular flexibility index (Phi) is 3.45. The van der Waals surface area contributed by atoms with E-state index in [-0.39, 0.29) is 11.3 Å². The number of hydrogen-bond acceptors (Lipinski definition) is 4. The van der Waals surface area contributed by atoms with E-state index in [9.17, 15) is 19.7 Å². The van der Waals surface area contributed by atoms with Crippen LogP contribution in [0.25, 0.3) is 6.08 Å². The van der Waals surface area contributed by atoms with E-state index in [4.69, 9.17) is 0 Å². The fraction of sp³-hybridized carbons (Fsp3) is 0. The Morgan fingerprint density at radius 2 is 1.67 bits per heavy atom. The number of nitro benzene ring substituents is 1. The van der Waals surface area contributed by atoms with Crippen LogP contribution in [0.4, 0.5) is 5.69 Å². The molecule has 5 heteroatoms. The average molecular weight is 205 g/mol. The molecule has 0 saturated carbocycles. The summed E-state index contributed by atoms with van der Waals surface area (Å²) in [6, 6.07) is 5.54. The first-order valence-electron chi connectivity index (χ1n) is 4.04. The van der Waals surface area contributed by atoms with Crippen LogP contribution in [0, 0.1) is 10.1 Å². The van der Waals surface area contributed by atoms with Crippen molar-refractivity contribution >= 4 is 24.3 Å². The molecule has 0 fully saturated rings. The lowest BCUT2D eigenvalue weighted by atomic mass is 10.1. The quantitative estimate of drug-likeness (QED) is 0.186. The monoisotopic (exact) mass is 205 g/mol. The summed E-state index contributed by atoms with van der Waals surface area (Å²) in [5.74, 6) is 0. The molecule has 0 spiro atoms. The molecular formula is C10H7NO4. The van der Waals surface area contributed by atoms with Gasteiger partial charge in [0.05, 0.1) is 10.5 Å². The zero-order valence-electron chi connectivity index (χ0n) is 7.62. The fourth-order valence-electron chi connectivity index (χ4n) is 0.981. The third-order valence-electron chi connectivity index (χ3n) is 1.71. The standard InChI is InChI=1S/C10H7NO4/c12-6-9(7-13)5-8-1-3-10(4-2-8)11(14)15/h1-7H. The van der Waals surface area contributed by atoms with Gasteiger partial charge in [-0.15, -0.1) is 0 Å². The van der Waals surface area contributed by atoms with Gasteiger partial charge in [0, 0.05) is 12.1 Å². The van der Waals surface area contributed by atoms with Crippen molar-refractivity contribution in [1.29, 1.82) is 0 Å². The van der Waals surface area contributed by atoms with E-state index in [1.165, 1.54) is 30.3 Å². The smallest absolute Gasteiger partial charge is 0.269 e. The molecule has 0 atom stereocenters. The van der Waals surface area contributed by atoms with E-state index in [1.54, 1.807) is 0 Å². The van der Waals surface area contributed by atoms with E-state index >= 15 is 0 Å². The van der Waals surface area contributed by atoms with Gasteiger partial charge in [-0.1, -0.05) is 0 Å². The number of carbonyl (C=O) groups excluding carboxylic acids is 2. The molecule has 0 saturated heterocycles. The molecule has 0 aromatic heterocycles. The number of rotatable bonds is 4. The summed E-state index contributed by atoms with van der Waals surface area (Å²) in [6.45, 7) is 0. The molecule has 0 amide bonds. The van der Waals surface area contributed by atoms with Gasteiger partial charge in [-0.3, -0.25) is 19.7 Å². The maximum Gasteiger partial charge on any atom is 0.269 e. The molecule has 0 aliphatic heterocycles. The van der Waals surface area contributed by atoms with Crippen molar-refractivity contribution in [3.05, 3.63) is 45.5 Å². The molecule has 0 radical (unpaired) electrons. The van der Waals surface area contributed by atoms with E-state index in [2.05, 4.69) is 0 Å². The highest BCUT2D eigenvalue weighted by atomic mass is 16.6. The molecule has 1 rings (SSSR count). The molecule has 0 bridgehead atoms. The minimum absolute atomic E-state index is 0.0103. The Labute approximate surface area is 85.2 Å². The molecule has 5 nitrogen and oxygen atoms in total. The fourth-order valence-corrected chi connectivity index (χ4v) is 0.981. The van der Waals surface area contributed by atoms with E-state index < -0.39 is 4.92 Å². The lowest BCUT2D eigenvalue weighted by molar-refractivity contribution is -0.384. The number of nitrogens with zero attached hydrogens (tertiary/aromatic N) is 1. The molecule has 0 unspecified atom stereocenters.